The highest BCUT2D eigenvalue weighted by molar-refractivity contribution is 5.97. The number of benzene rings is 1. The molecule has 1 aromatic rings. The molecule has 2 amide bonds. The van der Waals surface area contributed by atoms with Crippen LogP contribution < -0.4 is 16.0 Å². The van der Waals surface area contributed by atoms with Gasteiger partial charge in [-0.2, -0.15) is 13.2 Å². The molecule has 1 fully saturated rings. The van der Waals surface area contributed by atoms with Gasteiger partial charge in [-0.3, -0.25) is 14.5 Å². The smallest absolute Gasteiger partial charge is 0.370 e. The van der Waals surface area contributed by atoms with Gasteiger partial charge in [-0.1, -0.05) is 13.8 Å². The van der Waals surface area contributed by atoms with E-state index in [4.69, 9.17) is 10.5 Å². The molecule has 0 aromatic heterocycles. The second-order valence-electron chi connectivity index (χ2n) is 7.44. The lowest BCUT2D eigenvalue weighted by Crippen LogP contribution is -2.52. The van der Waals surface area contributed by atoms with Gasteiger partial charge in [0.15, 0.2) is 0 Å². The molecule has 1 aromatic carbocycles. The summed E-state index contributed by atoms with van der Waals surface area (Å²) in [7, 11) is 0. The lowest BCUT2D eigenvalue weighted by atomic mass is 10.1. The Bertz CT molecular complexity index is 758. The van der Waals surface area contributed by atoms with E-state index in [2.05, 4.69) is 5.32 Å². The van der Waals surface area contributed by atoms with E-state index < -0.39 is 30.5 Å². The second-order valence-corrected chi connectivity index (χ2v) is 7.44. The maximum Gasteiger partial charge on any atom is 0.401 e. The van der Waals surface area contributed by atoms with Crippen molar-refractivity contribution < 1.29 is 31.9 Å². The van der Waals surface area contributed by atoms with Crippen LogP contribution in [0.4, 0.5) is 28.9 Å². The molecule has 1 saturated heterocycles. The summed E-state index contributed by atoms with van der Waals surface area (Å²) in [5, 5.41) is 2.31. The Balaban J connectivity index is 2.16. The lowest BCUT2D eigenvalue weighted by Gasteiger charge is -2.32. The molecule has 1 aliphatic heterocycles. The third-order valence-electron chi connectivity index (χ3n) is 4.46. The quantitative estimate of drug-likeness (QED) is 0.611. The van der Waals surface area contributed by atoms with E-state index in [0.717, 1.165) is 11.0 Å². The minimum absolute atomic E-state index is 0.00460. The van der Waals surface area contributed by atoms with Crippen molar-refractivity contribution >= 4 is 23.2 Å². The first-order chi connectivity index (χ1) is 14.0. The summed E-state index contributed by atoms with van der Waals surface area (Å²) in [6.45, 7) is 2.24. The highest BCUT2D eigenvalue weighted by Crippen LogP contribution is 2.24. The van der Waals surface area contributed by atoms with Crippen LogP contribution in [0.5, 0.6) is 0 Å². The molecule has 30 heavy (non-hydrogen) atoms. The zero-order valence-electron chi connectivity index (χ0n) is 16.8. The van der Waals surface area contributed by atoms with Crippen LogP contribution in [0, 0.1) is 11.7 Å². The molecule has 7 nitrogen and oxygen atoms in total. The molecule has 1 heterocycles. The summed E-state index contributed by atoms with van der Waals surface area (Å²) in [5.41, 5.74) is 5.67. The van der Waals surface area contributed by atoms with Crippen molar-refractivity contribution in [1.82, 2.24) is 4.90 Å². The molecular weight excluding hydrogens is 408 g/mol. The van der Waals surface area contributed by atoms with E-state index in [1.807, 2.05) is 0 Å². The zero-order valence-corrected chi connectivity index (χ0v) is 16.8. The predicted octanol–water partition coefficient (Wildman–Crippen LogP) is 1.98. The van der Waals surface area contributed by atoms with Gasteiger partial charge in [0.25, 0.3) is 5.91 Å². The minimum atomic E-state index is -4.51. The van der Waals surface area contributed by atoms with Crippen LogP contribution in [-0.2, 0) is 14.3 Å². The number of alkyl halides is 3. The fourth-order valence-electron chi connectivity index (χ4n) is 3.20. The van der Waals surface area contributed by atoms with E-state index in [9.17, 15) is 27.2 Å². The molecule has 0 saturated carbocycles. The monoisotopic (exact) mass is 434 g/mol. The van der Waals surface area contributed by atoms with Crippen LogP contribution >= 0.6 is 0 Å². The molecule has 0 unspecified atom stereocenters. The third-order valence-corrected chi connectivity index (χ3v) is 4.46. The number of amides is 2. The summed E-state index contributed by atoms with van der Waals surface area (Å²) in [6.07, 6.45) is -4.51. The molecule has 2 rings (SSSR count). The van der Waals surface area contributed by atoms with Gasteiger partial charge in [0.05, 0.1) is 18.8 Å². The van der Waals surface area contributed by atoms with E-state index in [0.29, 0.717) is 12.3 Å². The van der Waals surface area contributed by atoms with Crippen molar-refractivity contribution in [3.63, 3.8) is 0 Å². The fraction of sp³-hybridized carbons (Fsp3) is 0.579. The average molecular weight is 434 g/mol. The highest BCUT2D eigenvalue weighted by Gasteiger charge is 2.36. The number of carbonyl (C=O) groups is 2. The number of hydrogen-bond acceptors (Lipinski definition) is 5. The maximum atomic E-state index is 14.5. The van der Waals surface area contributed by atoms with Crippen molar-refractivity contribution in [2.75, 3.05) is 49.6 Å². The largest absolute Gasteiger partial charge is 0.401 e. The number of nitrogens with two attached hydrogens (primary N) is 1. The van der Waals surface area contributed by atoms with Crippen LogP contribution in [0.15, 0.2) is 18.2 Å². The van der Waals surface area contributed by atoms with E-state index in [1.54, 1.807) is 13.8 Å². The van der Waals surface area contributed by atoms with E-state index in [-0.39, 0.29) is 43.8 Å². The summed E-state index contributed by atoms with van der Waals surface area (Å²) in [6, 6.07) is 2.50. The Morgan fingerprint density at radius 1 is 1.37 bits per heavy atom. The van der Waals surface area contributed by atoms with Crippen LogP contribution in [0.2, 0.25) is 0 Å². The van der Waals surface area contributed by atoms with E-state index in [1.165, 1.54) is 17.0 Å². The lowest BCUT2D eigenvalue weighted by molar-refractivity contribution is -0.154. The van der Waals surface area contributed by atoms with E-state index >= 15 is 0 Å². The molecule has 0 spiro atoms. The normalized spacial score (nSPS) is 16.3. The van der Waals surface area contributed by atoms with Gasteiger partial charge >= 0.3 is 6.18 Å². The first-order valence-electron chi connectivity index (χ1n) is 9.51. The maximum absolute atomic E-state index is 14.5. The molecular formula is C19H26F4N4O3. The van der Waals surface area contributed by atoms with Gasteiger partial charge in [0.2, 0.25) is 5.91 Å². The average Bonchev–Trinajstić information content (AvgIpc) is 2.62. The number of morpholine rings is 1. The number of nitrogens with zero attached hydrogens (tertiary/aromatic N) is 2. The highest BCUT2D eigenvalue weighted by atomic mass is 19.4. The van der Waals surface area contributed by atoms with Crippen LogP contribution in [0.3, 0.4) is 0 Å². The van der Waals surface area contributed by atoms with Crippen molar-refractivity contribution in [1.29, 1.82) is 0 Å². The first kappa shape index (κ1) is 24.0. The minimum Gasteiger partial charge on any atom is -0.370 e. The van der Waals surface area contributed by atoms with Crippen LogP contribution in [-0.4, -0.2) is 68.3 Å². The Kier molecular flexibility index (Phi) is 8.16. The molecule has 3 N–H and O–H groups in total. The summed E-state index contributed by atoms with van der Waals surface area (Å²) >= 11 is 0. The number of carbonyl (C=O) groups excluding carboxylic acids is 2. The SMILES string of the molecule is CC(C)CN(CC(F)(F)F)[C@H](CN)C(=O)Nc1ccc(N2CCOCC2=O)cc1F. The number of nitrogens with one attached hydrogen (secondary N) is 1. The fourth-order valence-corrected chi connectivity index (χ4v) is 3.20. The van der Waals surface area contributed by atoms with Crippen molar-refractivity contribution in [2.45, 2.75) is 26.1 Å². The molecule has 168 valence electrons. The molecule has 0 bridgehead atoms. The molecule has 11 heteroatoms. The van der Waals surface area contributed by atoms with Crippen molar-refractivity contribution in [2.24, 2.45) is 11.7 Å². The van der Waals surface area contributed by atoms with Gasteiger partial charge in [-0.15, -0.1) is 0 Å². The van der Waals surface area contributed by atoms with Crippen molar-refractivity contribution in [3.8, 4) is 0 Å². The Morgan fingerprint density at radius 2 is 2.07 bits per heavy atom. The molecule has 1 aliphatic rings. The third kappa shape index (κ3) is 6.64. The molecule has 0 aliphatic carbocycles. The Labute approximate surface area is 172 Å². The number of anilines is 2. The molecule has 0 radical (unpaired) electrons. The first-order valence-corrected chi connectivity index (χ1v) is 9.51. The topological polar surface area (TPSA) is 87.9 Å². The molecule has 1 atom stereocenters. The van der Waals surface area contributed by atoms with Gasteiger partial charge < -0.3 is 20.7 Å². The zero-order chi connectivity index (χ0) is 22.5. The van der Waals surface area contributed by atoms with Gasteiger partial charge in [0.1, 0.15) is 18.5 Å². The van der Waals surface area contributed by atoms with Crippen LogP contribution in [0.1, 0.15) is 13.8 Å². The standard InChI is InChI=1S/C19H26F4N4O3/c1-12(2)9-26(11-19(21,22)23)16(8-24)18(29)25-15-4-3-13(7-14(15)20)27-5-6-30-10-17(27)28/h3-4,7,12,16H,5-6,8-11,24H2,1-2H3,(H,25,29)/t16-/m1/s1. The number of halogens is 4. The summed E-state index contributed by atoms with van der Waals surface area (Å²) in [4.78, 5) is 26.8. The number of ether oxygens (including phenoxy) is 1. The Hall–Kier alpha value is -2.24. The summed E-state index contributed by atoms with van der Waals surface area (Å²) < 4.78 is 58.4. The van der Waals surface area contributed by atoms with Crippen LogP contribution in [0.25, 0.3) is 0 Å². The number of hydrogen-bond donors (Lipinski definition) is 2. The second kappa shape index (κ2) is 10.2. The van der Waals surface area contributed by atoms with Gasteiger partial charge in [0, 0.05) is 25.3 Å². The predicted molar refractivity (Wildman–Crippen MR) is 104 cm³/mol. The summed E-state index contributed by atoms with van der Waals surface area (Å²) in [5.74, 6) is -2.12. The van der Waals surface area contributed by atoms with Crippen molar-refractivity contribution in [3.05, 3.63) is 24.0 Å². The Morgan fingerprint density at radius 3 is 2.60 bits per heavy atom. The van der Waals surface area contributed by atoms with Gasteiger partial charge in [-0.25, -0.2) is 4.39 Å². The number of rotatable bonds is 8. The van der Waals surface area contributed by atoms with Gasteiger partial charge in [-0.05, 0) is 24.1 Å².